The molecule has 3 rings (SSSR count). The standard InChI is InChI=1S/C20H21NO5S2/c1-26-20(25)18-14-8-7-13(12-5-3-2-4-6-12)9-15(14)28-19(18)21-16(22)10-27-11-17(23)24/h2-6,13H,7-11H2,1H3,(H,21,22)(H,23,24). The fraction of sp³-hybridized carbons (Fsp3) is 0.350. The first-order chi connectivity index (χ1) is 13.5. The molecule has 6 nitrogen and oxygen atoms in total. The minimum Gasteiger partial charge on any atom is -0.481 e. The second-order valence-corrected chi connectivity index (χ2v) is 8.58. The van der Waals surface area contributed by atoms with Gasteiger partial charge in [0.25, 0.3) is 0 Å². The molecule has 1 amide bonds. The summed E-state index contributed by atoms with van der Waals surface area (Å²) < 4.78 is 4.94. The predicted molar refractivity (Wildman–Crippen MR) is 110 cm³/mol. The molecule has 0 spiro atoms. The number of carbonyl (C=O) groups is 3. The van der Waals surface area contributed by atoms with Gasteiger partial charge in [-0.05, 0) is 36.3 Å². The van der Waals surface area contributed by atoms with Crippen LogP contribution < -0.4 is 5.32 Å². The van der Waals surface area contributed by atoms with Gasteiger partial charge >= 0.3 is 11.9 Å². The summed E-state index contributed by atoms with van der Waals surface area (Å²) in [6.45, 7) is 0. The third-order valence-corrected chi connectivity index (χ3v) is 6.72. The third-order valence-electron chi connectivity index (χ3n) is 4.64. The number of hydrogen-bond acceptors (Lipinski definition) is 6. The van der Waals surface area contributed by atoms with Gasteiger partial charge in [-0.1, -0.05) is 30.3 Å². The molecule has 2 aromatic rings. The van der Waals surface area contributed by atoms with Gasteiger partial charge in [0.05, 0.1) is 24.2 Å². The number of methoxy groups -OCH3 is 1. The van der Waals surface area contributed by atoms with Crippen LogP contribution in [0.5, 0.6) is 0 Å². The molecular formula is C20H21NO5S2. The summed E-state index contributed by atoms with van der Waals surface area (Å²) in [4.78, 5) is 36.2. The van der Waals surface area contributed by atoms with E-state index in [1.807, 2.05) is 18.2 Å². The number of nitrogens with one attached hydrogen (secondary N) is 1. The molecule has 1 aliphatic rings. The van der Waals surface area contributed by atoms with Crippen LogP contribution >= 0.6 is 23.1 Å². The Morgan fingerprint density at radius 2 is 2.00 bits per heavy atom. The van der Waals surface area contributed by atoms with Crippen LogP contribution in [0.25, 0.3) is 0 Å². The normalized spacial score (nSPS) is 15.5. The fourth-order valence-electron chi connectivity index (χ4n) is 3.40. The van der Waals surface area contributed by atoms with Crippen LogP contribution in [0.2, 0.25) is 0 Å². The Kier molecular flexibility index (Phi) is 6.74. The lowest BCUT2D eigenvalue weighted by molar-refractivity contribution is -0.133. The lowest BCUT2D eigenvalue weighted by Crippen LogP contribution is -2.18. The van der Waals surface area contributed by atoms with E-state index in [1.54, 1.807) is 0 Å². The summed E-state index contributed by atoms with van der Waals surface area (Å²) in [5.41, 5.74) is 2.67. The van der Waals surface area contributed by atoms with Gasteiger partial charge in [-0.25, -0.2) is 4.79 Å². The summed E-state index contributed by atoms with van der Waals surface area (Å²) in [6.07, 6.45) is 2.50. The Morgan fingerprint density at radius 3 is 2.68 bits per heavy atom. The Labute approximate surface area is 171 Å². The summed E-state index contributed by atoms with van der Waals surface area (Å²) in [7, 11) is 1.33. The number of thioether (sulfide) groups is 1. The molecule has 0 aliphatic heterocycles. The van der Waals surface area contributed by atoms with Gasteiger partial charge in [0, 0.05) is 4.88 Å². The van der Waals surface area contributed by atoms with Crippen molar-refractivity contribution in [1.82, 2.24) is 0 Å². The van der Waals surface area contributed by atoms with Crippen LogP contribution in [0.3, 0.4) is 0 Å². The van der Waals surface area contributed by atoms with E-state index in [4.69, 9.17) is 9.84 Å². The lowest BCUT2D eigenvalue weighted by Gasteiger charge is -2.22. The largest absolute Gasteiger partial charge is 0.481 e. The summed E-state index contributed by atoms with van der Waals surface area (Å²) in [6, 6.07) is 10.3. The Hall–Kier alpha value is -2.32. The van der Waals surface area contributed by atoms with Gasteiger partial charge < -0.3 is 15.2 Å². The van der Waals surface area contributed by atoms with Crippen molar-refractivity contribution in [3.05, 3.63) is 51.9 Å². The highest BCUT2D eigenvalue weighted by Crippen LogP contribution is 2.42. The molecule has 0 saturated carbocycles. The van der Waals surface area contributed by atoms with Gasteiger partial charge in [-0.3, -0.25) is 9.59 Å². The molecule has 0 radical (unpaired) electrons. The van der Waals surface area contributed by atoms with Gasteiger partial charge in [-0.2, -0.15) is 0 Å². The van der Waals surface area contributed by atoms with Crippen LogP contribution in [-0.2, 0) is 27.2 Å². The smallest absolute Gasteiger partial charge is 0.341 e. The third kappa shape index (κ3) is 4.74. The molecule has 1 heterocycles. The lowest BCUT2D eigenvalue weighted by atomic mass is 9.83. The van der Waals surface area contributed by atoms with Crippen LogP contribution in [0.1, 0.15) is 38.7 Å². The number of carbonyl (C=O) groups excluding carboxylic acids is 2. The van der Waals surface area contributed by atoms with Crippen molar-refractivity contribution in [1.29, 1.82) is 0 Å². The maximum Gasteiger partial charge on any atom is 0.341 e. The molecule has 2 N–H and O–H groups in total. The SMILES string of the molecule is COC(=O)c1c(NC(=O)CSCC(=O)O)sc2c1CCC(c1ccccc1)C2. The maximum atomic E-state index is 12.4. The van der Waals surface area contributed by atoms with E-state index >= 15 is 0 Å². The molecule has 1 aromatic heterocycles. The molecule has 148 valence electrons. The van der Waals surface area contributed by atoms with E-state index in [0.717, 1.165) is 41.5 Å². The number of benzene rings is 1. The average molecular weight is 420 g/mol. The molecule has 1 atom stereocenters. The Bertz CT molecular complexity index is 878. The van der Waals surface area contributed by atoms with Crippen LogP contribution in [0.15, 0.2) is 30.3 Å². The number of thiophene rings is 1. The van der Waals surface area contributed by atoms with Crippen LogP contribution in [0, 0.1) is 0 Å². The first-order valence-corrected chi connectivity index (χ1v) is 10.8. The number of esters is 1. The van der Waals surface area contributed by atoms with Crippen molar-refractivity contribution in [3.8, 4) is 0 Å². The number of fused-ring (bicyclic) bond motifs is 1. The molecular weight excluding hydrogens is 398 g/mol. The number of carboxylic acids is 1. The summed E-state index contributed by atoms with van der Waals surface area (Å²) in [5, 5.41) is 12.0. The van der Waals surface area contributed by atoms with Crippen LogP contribution in [-0.4, -0.2) is 41.6 Å². The highest BCUT2D eigenvalue weighted by Gasteiger charge is 2.30. The van der Waals surface area contributed by atoms with E-state index in [-0.39, 0.29) is 17.4 Å². The second-order valence-electron chi connectivity index (χ2n) is 6.48. The van der Waals surface area contributed by atoms with E-state index in [9.17, 15) is 14.4 Å². The van der Waals surface area contributed by atoms with Crippen molar-refractivity contribution in [2.75, 3.05) is 23.9 Å². The van der Waals surface area contributed by atoms with Crippen molar-refractivity contribution in [2.45, 2.75) is 25.2 Å². The van der Waals surface area contributed by atoms with Crippen molar-refractivity contribution < 1.29 is 24.2 Å². The Balaban J connectivity index is 1.80. The highest BCUT2D eigenvalue weighted by molar-refractivity contribution is 8.00. The molecule has 1 aliphatic carbocycles. The number of anilines is 1. The summed E-state index contributed by atoms with van der Waals surface area (Å²) >= 11 is 2.43. The minimum absolute atomic E-state index is 0.0160. The quantitative estimate of drug-likeness (QED) is 0.667. The monoisotopic (exact) mass is 419 g/mol. The average Bonchev–Trinajstić information content (AvgIpc) is 3.04. The zero-order valence-corrected chi connectivity index (χ0v) is 17.0. The molecule has 0 saturated heterocycles. The van der Waals surface area contributed by atoms with E-state index in [0.29, 0.717) is 16.5 Å². The minimum atomic E-state index is -0.966. The zero-order chi connectivity index (χ0) is 20.1. The first kappa shape index (κ1) is 20.4. The molecule has 1 unspecified atom stereocenters. The van der Waals surface area contributed by atoms with Gasteiger partial charge in [0.1, 0.15) is 5.00 Å². The van der Waals surface area contributed by atoms with E-state index < -0.39 is 11.9 Å². The van der Waals surface area contributed by atoms with E-state index in [2.05, 4.69) is 17.4 Å². The number of carboxylic acid groups (broad SMARTS) is 1. The number of ether oxygens (including phenoxy) is 1. The van der Waals surface area contributed by atoms with Crippen molar-refractivity contribution >= 4 is 45.9 Å². The van der Waals surface area contributed by atoms with Crippen molar-refractivity contribution in [2.24, 2.45) is 0 Å². The zero-order valence-electron chi connectivity index (χ0n) is 15.4. The fourth-order valence-corrected chi connectivity index (χ4v) is 5.26. The number of amides is 1. The maximum absolute atomic E-state index is 12.4. The second kappa shape index (κ2) is 9.25. The molecule has 0 bridgehead atoms. The van der Waals surface area contributed by atoms with Gasteiger partial charge in [0.2, 0.25) is 5.91 Å². The highest BCUT2D eigenvalue weighted by atomic mass is 32.2. The van der Waals surface area contributed by atoms with Gasteiger partial charge in [0.15, 0.2) is 0 Å². The van der Waals surface area contributed by atoms with Crippen LogP contribution in [0.4, 0.5) is 5.00 Å². The number of hydrogen-bond donors (Lipinski definition) is 2. The Morgan fingerprint density at radius 1 is 1.25 bits per heavy atom. The molecule has 28 heavy (non-hydrogen) atoms. The predicted octanol–water partition coefficient (Wildman–Crippen LogP) is 3.56. The number of aliphatic carboxylic acids is 1. The van der Waals surface area contributed by atoms with Gasteiger partial charge in [-0.15, -0.1) is 23.1 Å². The molecule has 8 heteroatoms. The molecule has 1 aromatic carbocycles. The number of rotatable bonds is 7. The van der Waals surface area contributed by atoms with E-state index in [1.165, 1.54) is 24.0 Å². The summed E-state index contributed by atoms with van der Waals surface area (Å²) in [5.74, 6) is -1.49. The van der Waals surface area contributed by atoms with Crippen molar-refractivity contribution in [3.63, 3.8) is 0 Å². The topological polar surface area (TPSA) is 92.7 Å². The first-order valence-electron chi connectivity index (χ1n) is 8.86. The molecule has 0 fully saturated rings.